The molecule has 0 saturated carbocycles. The Balaban J connectivity index is 2.84. The standard InChI is InChI=1S/C8H2Br4O2/c9-4-2-1-14-8(13)3(2)5(10)7(12)6(4)11/h1H2. The van der Waals surface area contributed by atoms with E-state index in [1.807, 2.05) is 0 Å². The third-order valence-corrected chi connectivity index (χ3v) is 6.77. The highest BCUT2D eigenvalue weighted by Crippen LogP contribution is 2.44. The van der Waals surface area contributed by atoms with Gasteiger partial charge in [0.1, 0.15) is 6.61 Å². The third-order valence-electron chi connectivity index (χ3n) is 1.92. The Morgan fingerprint density at radius 3 is 2.14 bits per heavy atom. The van der Waals surface area contributed by atoms with Crippen LogP contribution in [0.4, 0.5) is 0 Å². The van der Waals surface area contributed by atoms with Crippen LogP contribution in [-0.2, 0) is 11.3 Å². The van der Waals surface area contributed by atoms with E-state index in [0.717, 1.165) is 23.5 Å². The molecule has 0 unspecified atom stereocenters. The molecule has 2 nitrogen and oxygen atoms in total. The first kappa shape index (κ1) is 11.1. The Labute approximate surface area is 114 Å². The van der Waals surface area contributed by atoms with Gasteiger partial charge < -0.3 is 4.74 Å². The minimum atomic E-state index is -0.291. The summed E-state index contributed by atoms with van der Waals surface area (Å²) < 4.78 is 8.22. The zero-order valence-electron chi connectivity index (χ0n) is 6.54. The van der Waals surface area contributed by atoms with Crippen molar-refractivity contribution in [2.45, 2.75) is 6.61 Å². The average Bonchev–Trinajstić information content (AvgIpc) is 2.54. The first-order valence-corrected chi connectivity index (χ1v) is 6.73. The molecule has 1 aromatic rings. The van der Waals surface area contributed by atoms with E-state index in [4.69, 9.17) is 4.74 Å². The minimum absolute atomic E-state index is 0.291. The van der Waals surface area contributed by atoms with Gasteiger partial charge in [-0.25, -0.2) is 4.79 Å². The topological polar surface area (TPSA) is 26.3 Å². The molecular weight excluding hydrogens is 448 g/mol. The summed E-state index contributed by atoms with van der Waals surface area (Å²) in [7, 11) is 0. The molecule has 0 saturated heterocycles. The lowest BCUT2D eigenvalue weighted by Crippen LogP contribution is -1.96. The van der Waals surface area contributed by atoms with Gasteiger partial charge in [-0.1, -0.05) is 0 Å². The number of hydrogen-bond donors (Lipinski definition) is 0. The van der Waals surface area contributed by atoms with Gasteiger partial charge >= 0.3 is 5.97 Å². The van der Waals surface area contributed by atoms with Gasteiger partial charge in [-0.3, -0.25) is 0 Å². The second-order valence-electron chi connectivity index (χ2n) is 2.69. The quantitative estimate of drug-likeness (QED) is 0.333. The van der Waals surface area contributed by atoms with E-state index in [0.29, 0.717) is 12.2 Å². The molecule has 1 aromatic carbocycles. The largest absolute Gasteiger partial charge is 0.457 e. The number of carbonyl (C=O) groups excluding carboxylic acids is 1. The van der Waals surface area contributed by atoms with Crippen molar-refractivity contribution in [3.63, 3.8) is 0 Å². The number of fused-ring (bicyclic) bond motifs is 1. The molecule has 0 N–H and O–H groups in total. The molecule has 0 spiro atoms. The van der Waals surface area contributed by atoms with E-state index < -0.39 is 0 Å². The van der Waals surface area contributed by atoms with Crippen molar-refractivity contribution >= 4 is 69.7 Å². The second kappa shape index (κ2) is 3.88. The molecule has 0 aliphatic carbocycles. The summed E-state index contributed by atoms with van der Waals surface area (Å²) in [6.07, 6.45) is 0. The van der Waals surface area contributed by atoms with Gasteiger partial charge in [0, 0.05) is 23.5 Å². The fraction of sp³-hybridized carbons (Fsp3) is 0.125. The molecule has 0 radical (unpaired) electrons. The van der Waals surface area contributed by atoms with Crippen LogP contribution in [0.2, 0.25) is 0 Å². The lowest BCUT2D eigenvalue weighted by molar-refractivity contribution is 0.0534. The van der Waals surface area contributed by atoms with Crippen LogP contribution in [0.5, 0.6) is 0 Å². The van der Waals surface area contributed by atoms with Crippen LogP contribution in [0.1, 0.15) is 15.9 Å². The smallest absolute Gasteiger partial charge is 0.340 e. The Morgan fingerprint density at radius 2 is 1.50 bits per heavy atom. The highest BCUT2D eigenvalue weighted by atomic mass is 79.9. The van der Waals surface area contributed by atoms with Crippen molar-refractivity contribution < 1.29 is 9.53 Å². The van der Waals surface area contributed by atoms with E-state index >= 15 is 0 Å². The zero-order valence-corrected chi connectivity index (χ0v) is 12.9. The number of halogens is 4. The zero-order chi connectivity index (χ0) is 10.5. The predicted octanol–water partition coefficient (Wildman–Crippen LogP) is 4.41. The fourth-order valence-corrected chi connectivity index (χ4v) is 3.71. The summed E-state index contributed by atoms with van der Waals surface area (Å²) in [5.41, 5.74) is 1.46. The molecule has 0 bridgehead atoms. The lowest BCUT2D eigenvalue weighted by Gasteiger charge is -2.07. The van der Waals surface area contributed by atoms with E-state index in [9.17, 15) is 4.79 Å². The summed E-state index contributed by atoms with van der Waals surface area (Å²) >= 11 is 13.6. The van der Waals surface area contributed by atoms with Gasteiger partial charge in [-0.15, -0.1) is 0 Å². The molecule has 1 aliphatic rings. The summed E-state index contributed by atoms with van der Waals surface area (Å²) in [6.45, 7) is 0.319. The molecule has 1 heterocycles. The van der Waals surface area contributed by atoms with Crippen LogP contribution in [-0.4, -0.2) is 5.97 Å². The molecule has 14 heavy (non-hydrogen) atoms. The normalized spacial score (nSPS) is 14.1. The highest BCUT2D eigenvalue weighted by molar-refractivity contribution is 9.15. The monoisotopic (exact) mass is 446 g/mol. The molecule has 1 aliphatic heterocycles. The molecule has 0 aromatic heterocycles. The van der Waals surface area contributed by atoms with Crippen molar-refractivity contribution in [1.29, 1.82) is 0 Å². The Bertz CT molecular complexity index is 442. The molecule has 6 heteroatoms. The first-order chi connectivity index (χ1) is 6.54. The van der Waals surface area contributed by atoms with Crippen LogP contribution in [0.3, 0.4) is 0 Å². The number of esters is 1. The Kier molecular flexibility index (Phi) is 3.08. The van der Waals surface area contributed by atoms with E-state index in [1.54, 1.807) is 0 Å². The number of benzene rings is 1. The third kappa shape index (κ3) is 1.50. The van der Waals surface area contributed by atoms with Crippen LogP contribution >= 0.6 is 63.7 Å². The molecule has 0 atom stereocenters. The fourth-order valence-electron chi connectivity index (χ4n) is 1.24. The number of cyclic esters (lactones) is 1. The maximum absolute atomic E-state index is 11.4. The van der Waals surface area contributed by atoms with Crippen molar-refractivity contribution in [2.24, 2.45) is 0 Å². The van der Waals surface area contributed by atoms with E-state index in [1.165, 1.54) is 0 Å². The predicted molar refractivity (Wildman–Crippen MR) is 66.4 cm³/mol. The molecule has 0 amide bonds. The first-order valence-electron chi connectivity index (χ1n) is 3.56. The minimum Gasteiger partial charge on any atom is -0.457 e. The SMILES string of the molecule is O=C1OCc2c(Br)c(Br)c(Br)c(Br)c21. The Hall–Kier alpha value is 0.610. The summed E-state index contributed by atoms with van der Waals surface area (Å²) in [5.74, 6) is -0.291. The van der Waals surface area contributed by atoms with Crippen LogP contribution in [0.15, 0.2) is 17.9 Å². The number of hydrogen-bond acceptors (Lipinski definition) is 2. The van der Waals surface area contributed by atoms with Crippen molar-refractivity contribution in [1.82, 2.24) is 0 Å². The Morgan fingerprint density at radius 1 is 0.929 bits per heavy atom. The van der Waals surface area contributed by atoms with Crippen LogP contribution in [0.25, 0.3) is 0 Å². The lowest BCUT2D eigenvalue weighted by atomic mass is 10.1. The van der Waals surface area contributed by atoms with Crippen LogP contribution < -0.4 is 0 Å². The van der Waals surface area contributed by atoms with Gasteiger partial charge in [0.05, 0.1) is 5.56 Å². The maximum Gasteiger partial charge on any atom is 0.340 e. The van der Waals surface area contributed by atoms with E-state index in [-0.39, 0.29) is 5.97 Å². The number of rotatable bonds is 0. The van der Waals surface area contributed by atoms with Crippen molar-refractivity contribution in [3.05, 3.63) is 29.0 Å². The van der Waals surface area contributed by atoms with Gasteiger partial charge in [0.2, 0.25) is 0 Å². The molecular formula is C8H2Br4O2. The van der Waals surface area contributed by atoms with Crippen molar-refractivity contribution in [3.8, 4) is 0 Å². The van der Waals surface area contributed by atoms with E-state index in [2.05, 4.69) is 63.7 Å². The van der Waals surface area contributed by atoms with Crippen molar-refractivity contribution in [2.75, 3.05) is 0 Å². The van der Waals surface area contributed by atoms with Crippen LogP contribution in [0, 0.1) is 0 Å². The van der Waals surface area contributed by atoms with Gasteiger partial charge in [-0.05, 0) is 63.7 Å². The second-order valence-corrected chi connectivity index (χ2v) is 5.86. The van der Waals surface area contributed by atoms with Gasteiger partial charge in [0.25, 0.3) is 0 Å². The number of ether oxygens (including phenoxy) is 1. The maximum atomic E-state index is 11.4. The molecule has 74 valence electrons. The summed E-state index contributed by atoms with van der Waals surface area (Å²) in [5, 5.41) is 0. The highest BCUT2D eigenvalue weighted by Gasteiger charge is 2.29. The number of carbonyl (C=O) groups is 1. The molecule has 0 fully saturated rings. The summed E-state index contributed by atoms with van der Waals surface area (Å²) in [4.78, 5) is 11.4. The summed E-state index contributed by atoms with van der Waals surface area (Å²) in [6, 6.07) is 0. The van der Waals surface area contributed by atoms with Gasteiger partial charge in [-0.2, -0.15) is 0 Å². The molecule has 2 rings (SSSR count). The van der Waals surface area contributed by atoms with Gasteiger partial charge in [0.15, 0.2) is 0 Å². The average molecular weight is 450 g/mol.